The van der Waals surface area contributed by atoms with Crippen LogP contribution in [0.25, 0.3) is 16.1 Å². The number of aromatic nitrogens is 1. The number of benzene rings is 1. The first kappa shape index (κ1) is 19.6. The summed E-state index contributed by atoms with van der Waals surface area (Å²) in [4.78, 5) is 30.2. The number of aryl methyl sites for hydroxylation is 1. The molecule has 0 radical (unpaired) electrons. The lowest BCUT2D eigenvalue weighted by atomic mass is 9.91. The van der Waals surface area contributed by atoms with Crippen LogP contribution in [0.5, 0.6) is 0 Å². The van der Waals surface area contributed by atoms with Gasteiger partial charge < -0.3 is 9.47 Å². The van der Waals surface area contributed by atoms with Gasteiger partial charge in [0.1, 0.15) is 10.8 Å². The highest BCUT2D eigenvalue weighted by atomic mass is 35.5. The van der Waals surface area contributed by atoms with E-state index in [4.69, 9.17) is 21.1 Å². The number of carbonyl (C=O) groups is 2. The summed E-state index contributed by atoms with van der Waals surface area (Å²) in [5, 5.41) is 1.42. The van der Waals surface area contributed by atoms with Gasteiger partial charge >= 0.3 is 6.16 Å². The second-order valence-electron chi connectivity index (χ2n) is 6.90. The Balaban J connectivity index is 2.07. The fourth-order valence-corrected chi connectivity index (χ4v) is 4.09. The fraction of sp³-hybridized carbons (Fsp3) is 0.350. The Labute approximate surface area is 167 Å². The van der Waals surface area contributed by atoms with Crippen LogP contribution in [0.15, 0.2) is 30.0 Å². The average Bonchev–Trinajstić information content (AvgIpc) is 3.05. The van der Waals surface area contributed by atoms with Crippen LogP contribution < -0.4 is 0 Å². The minimum absolute atomic E-state index is 0.0876. The maximum Gasteiger partial charge on any atom is 0.513 e. The van der Waals surface area contributed by atoms with Gasteiger partial charge in [0.15, 0.2) is 5.78 Å². The van der Waals surface area contributed by atoms with Gasteiger partial charge in [-0.2, -0.15) is 0 Å². The molecular formula is C20H20ClNO4S. The summed E-state index contributed by atoms with van der Waals surface area (Å²) in [6.07, 6.45) is -0.553. The van der Waals surface area contributed by atoms with E-state index in [1.807, 2.05) is 32.9 Å². The second kappa shape index (κ2) is 7.44. The van der Waals surface area contributed by atoms with Crippen molar-refractivity contribution in [1.29, 1.82) is 0 Å². The van der Waals surface area contributed by atoms with Crippen LogP contribution in [0.1, 0.15) is 37.8 Å². The summed E-state index contributed by atoms with van der Waals surface area (Å²) in [7, 11) is 0. The highest BCUT2D eigenvalue weighted by Crippen LogP contribution is 2.46. The highest BCUT2D eigenvalue weighted by Gasteiger charge is 2.43. The lowest BCUT2D eigenvalue weighted by molar-refractivity contribution is -0.114. The predicted molar refractivity (Wildman–Crippen MR) is 106 cm³/mol. The van der Waals surface area contributed by atoms with Gasteiger partial charge in [-0.15, -0.1) is 11.3 Å². The number of thiazole rings is 1. The molecule has 0 aliphatic heterocycles. The van der Waals surface area contributed by atoms with E-state index in [0.717, 1.165) is 15.4 Å². The van der Waals surface area contributed by atoms with Crippen LogP contribution >= 0.6 is 22.9 Å². The molecule has 0 unspecified atom stereocenters. The minimum atomic E-state index is -0.807. The van der Waals surface area contributed by atoms with E-state index in [2.05, 4.69) is 4.98 Å². The Kier molecular flexibility index (Phi) is 5.40. The van der Waals surface area contributed by atoms with Gasteiger partial charge in [-0.05, 0) is 26.0 Å². The van der Waals surface area contributed by atoms with Crippen molar-refractivity contribution in [2.75, 3.05) is 6.61 Å². The molecule has 1 aromatic carbocycles. The third-order valence-electron chi connectivity index (χ3n) is 4.30. The Morgan fingerprint density at radius 2 is 1.96 bits per heavy atom. The summed E-state index contributed by atoms with van der Waals surface area (Å²) < 4.78 is 10.3. The fourth-order valence-electron chi connectivity index (χ4n) is 3.04. The molecule has 1 aromatic heterocycles. The molecule has 0 amide bonds. The topological polar surface area (TPSA) is 65.5 Å². The van der Waals surface area contributed by atoms with E-state index < -0.39 is 11.6 Å². The van der Waals surface area contributed by atoms with E-state index in [9.17, 15) is 9.59 Å². The molecular weight excluding hydrogens is 386 g/mol. The number of halogens is 1. The molecule has 5 nitrogen and oxygen atoms in total. The molecule has 0 saturated carbocycles. The Hall–Kier alpha value is -2.18. The molecule has 27 heavy (non-hydrogen) atoms. The molecule has 1 heterocycles. The summed E-state index contributed by atoms with van der Waals surface area (Å²) in [5.74, 6) is 0.234. The molecule has 7 heteroatoms. The standard InChI is InChI=1S/C20H20ClNO4S/c1-5-25-19(24)26-17-15(14(23)10-20(17,3)4)16-11(2)27-18(22-16)12-6-8-13(21)9-7-12/h6-9H,5,10H2,1-4H3. The third kappa shape index (κ3) is 3.92. The Morgan fingerprint density at radius 1 is 1.30 bits per heavy atom. The number of allylic oxidation sites excluding steroid dienone is 2. The number of carbonyl (C=O) groups excluding carboxylic acids is 2. The molecule has 2 aromatic rings. The average molecular weight is 406 g/mol. The molecule has 0 N–H and O–H groups in total. The zero-order chi connectivity index (χ0) is 19.8. The molecule has 1 aliphatic carbocycles. The summed E-state index contributed by atoms with van der Waals surface area (Å²) in [6, 6.07) is 7.36. The first-order valence-corrected chi connectivity index (χ1v) is 9.78. The third-order valence-corrected chi connectivity index (χ3v) is 5.57. The van der Waals surface area contributed by atoms with E-state index in [-0.39, 0.29) is 18.8 Å². The van der Waals surface area contributed by atoms with Crippen molar-refractivity contribution in [3.8, 4) is 10.6 Å². The van der Waals surface area contributed by atoms with Gasteiger partial charge in [-0.25, -0.2) is 9.78 Å². The Morgan fingerprint density at radius 3 is 2.59 bits per heavy atom. The first-order valence-electron chi connectivity index (χ1n) is 8.59. The van der Waals surface area contributed by atoms with Crippen LogP contribution in [-0.4, -0.2) is 23.5 Å². The predicted octanol–water partition coefficient (Wildman–Crippen LogP) is 5.66. The zero-order valence-electron chi connectivity index (χ0n) is 15.6. The molecule has 142 valence electrons. The number of rotatable bonds is 4. The lowest BCUT2D eigenvalue weighted by Crippen LogP contribution is -2.17. The zero-order valence-corrected chi connectivity index (χ0v) is 17.2. The van der Waals surface area contributed by atoms with Crippen molar-refractivity contribution in [3.05, 3.63) is 45.6 Å². The molecule has 0 bridgehead atoms. The number of hydrogen-bond donors (Lipinski definition) is 0. The van der Waals surface area contributed by atoms with Crippen LogP contribution in [0, 0.1) is 12.3 Å². The SMILES string of the molecule is CCOC(=O)OC1=C(c2nc(-c3ccc(Cl)cc3)sc2C)C(=O)CC1(C)C. The molecule has 0 atom stereocenters. The molecule has 0 spiro atoms. The smallest absolute Gasteiger partial charge is 0.434 e. The first-order chi connectivity index (χ1) is 12.7. The van der Waals surface area contributed by atoms with Crippen molar-refractivity contribution < 1.29 is 19.1 Å². The van der Waals surface area contributed by atoms with E-state index in [1.54, 1.807) is 19.1 Å². The number of nitrogens with zero attached hydrogens (tertiary/aromatic N) is 1. The van der Waals surface area contributed by atoms with Gasteiger partial charge in [-0.1, -0.05) is 37.6 Å². The number of Topliss-reactive ketones (excluding diaryl/α,β-unsaturated/α-hetero) is 1. The quantitative estimate of drug-likeness (QED) is 0.614. The largest absolute Gasteiger partial charge is 0.513 e. The minimum Gasteiger partial charge on any atom is -0.434 e. The monoisotopic (exact) mass is 405 g/mol. The van der Waals surface area contributed by atoms with Gasteiger partial charge in [-0.3, -0.25) is 4.79 Å². The van der Waals surface area contributed by atoms with E-state index in [1.165, 1.54) is 11.3 Å². The van der Waals surface area contributed by atoms with Gasteiger partial charge in [0.05, 0.1) is 17.9 Å². The van der Waals surface area contributed by atoms with Gasteiger partial charge in [0, 0.05) is 27.3 Å². The van der Waals surface area contributed by atoms with Crippen molar-refractivity contribution in [1.82, 2.24) is 4.98 Å². The summed E-state index contributed by atoms with van der Waals surface area (Å²) in [5.41, 5.74) is 1.23. The van der Waals surface area contributed by atoms with Crippen LogP contribution in [0.4, 0.5) is 4.79 Å². The second-order valence-corrected chi connectivity index (χ2v) is 8.54. The Bertz CT molecular complexity index is 928. The maximum absolute atomic E-state index is 12.7. The van der Waals surface area contributed by atoms with Crippen LogP contribution in [-0.2, 0) is 14.3 Å². The van der Waals surface area contributed by atoms with E-state index in [0.29, 0.717) is 22.0 Å². The van der Waals surface area contributed by atoms with Gasteiger partial charge in [0.25, 0.3) is 0 Å². The van der Waals surface area contributed by atoms with Crippen molar-refractivity contribution >= 4 is 40.4 Å². The van der Waals surface area contributed by atoms with Crippen LogP contribution in [0.2, 0.25) is 5.02 Å². The van der Waals surface area contributed by atoms with Gasteiger partial charge in [0.2, 0.25) is 0 Å². The molecule has 0 fully saturated rings. The van der Waals surface area contributed by atoms with Crippen molar-refractivity contribution in [2.45, 2.75) is 34.1 Å². The molecule has 0 saturated heterocycles. The maximum atomic E-state index is 12.7. The normalized spacial score (nSPS) is 16.0. The number of ether oxygens (including phenoxy) is 2. The molecule has 1 aliphatic rings. The highest BCUT2D eigenvalue weighted by molar-refractivity contribution is 7.15. The summed E-state index contributed by atoms with van der Waals surface area (Å²) >= 11 is 7.43. The number of ketones is 1. The lowest BCUT2D eigenvalue weighted by Gasteiger charge is -2.20. The van der Waals surface area contributed by atoms with Crippen molar-refractivity contribution in [2.24, 2.45) is 5.41 Å². The van der Waals surface area contributed by atoms with Crippen molar-refractivity contribution in [3.63, 3.8) is 0 Å². The number of hydrogen-bond acceptors (Lipinski definition) is 6. The van der Waals surface area contributed by atoms with Crippen LogP contribution in [0.3, 0.4) is 0 Å². The van der Waals surface area contributed by atoms with E-state index >= 15 is 0 Å². The molecule has 3 rings (SSSR count). The summed E-state index contributed by atoms with van der Waals surface area (Å²) in [6.45, 7) is 7.54.